The van der Waals surface area contributed by atoms with E-state index in [2.05, 4.69) is 5.32 Å². The van der Waals surface area contributed by atoms with Crippen LogP contribution in [0, 0.1) is 11.8 Å². The molecule has 2 fully saturated rings. The van der Waals surface area contributed by atoms with Crippen molar-refractivity contribution in [3.8, 4) is 0 Å². The Balaban J connectivity index is 1.62. The minimum atomic E-state index is -0.978. The van der Waals surface area contributed by atoms with Crippen LogP contribution >= 0.6 is 0 Å². The summed E-state index contributed by atoms with van der Waals surface area (Å²) in [5.74, 6) is -2.64. The second-order valence-corrected chi connectivity index (χ2v) is 5.22. The summed E-state index contributed by atoms with van der Waals surface area (Å²) in [6.45, 7) is 1.18. The fourth-order valence-corrected chi connectivity index (χ4v) is 3.05. The third kappa shape index (κ3) is 2.26. The maximum Gasteiger partial charge on any atom is 0.310 e. The predicted molar refractivity (Wildman–Crippen MR) is 64.4 cm³/mol. The number of amides is 1. The van der Waals surface area contributed by atoms with E-state index in [1.54, 1.807) is 12.2 Å². The number of carboxylic acid groups (broad SMARTS) is 1. The number of hydrogen-bond donors (Lipinski definition) is 2. The average molecular weight is 267 g/mol. The quantitative estimate of drug-likeness (QED) is 0.697. The number of ether oxygens (including phenoxy) is 2. The van der Waals surface area contributed by atoms with Crippen molar-refractivity contribution in [2.75, 3.05) is 13.2 Å². The van der Waals surface area contributed by atoms with Gasteiger partial charge in [0.05, 0.1) is 24.2 Å². The van der Waals surface area contributed by atoms with Crippen molar-refractivity contribution in [3.63, 3.8) is 0 Å². The van der Waals surface area contributed by atoms with Gasteiger partial charge in [0, 0.05) is 13.2 Å². The first-order valence-electron chi connectivity index (χ1n) is 6.63. The molecule has 0 spiro atoms. The Labute approximate surface area is 110 Å². The molecular weight excluding hydrogens is 250 g/mol. The molecule has 3 heterocycles. The minimum absolute atomic E-state index is 0.0577. The first-order valence-corrected chi connectivity index (χ1v) is 6.63. The van der Waals surface area contributed by atoms with Gasteiger partial charge in [-0.1, -0.05) is 12.2 Å². The summed E-state index contributed by atoms with van der Waals surface area (Å²) in [6.07, 6.45) is 4.64. The van der Waals surface area contributed by atoms with Crippen LogP contribution in [0.3, 0.4) is 0 Å². The molecule has 0 radical (unpaired) electrons. The van der Waals surface area contributed by atoms with Crippen LogP contribution in [-0.2, 0) is 19.1 Å². The van der Waals surface area contributed by atoms with Crippen LogP contribution in [0.5, 0.6) is 0 Å². The van der Waals surface area contributed by atoms with Crippen molar-refractivity contribution in [2.24, 2.45) is 11.8 Å². The molecule has 0 aromatic rings. The number of carbonyl (C=O) groups excluding carboxylic acids is 1. The first kappa shape index (κ1) is 12.6. The smallest absolute Gasteiger partial charge is 0.310 e. The third-order valence-electron chi connectivity index (χ3n) is 4.02. The Hall–Kier alpha value is -1.40. The molecule has 0 saturated carbocycles. The Kier molecular flexibility index (Phi) is 3.28. The molecule has 0 unspecified atom stereocenters. The number of fused-ring (bicyclic) bond motifs is 2. The van der Waals surface area contributed by atoms with Crippen molar-refractivity contribution in [1.29, 1.82) is 0 Å². The summed E-state index contributed by atoms with van der Waals surface area (Å²) >= 11 is 0. The zero-order valence-corrected chi connectivity index (χ0v) is 10.5. The molecule has 19 heavy (non-hydrogen) atoms. The molecule has 0 aromatic heterocycles. The zero-order chi connectivity index (χ0) is 13.4. The lowest BCUT2D eigenvalue weighted by Gasteiger charge is -2.21. The van der Waals surface area contributed by atoms with Crippen LogP contribution in [-0.4, -0.2) is 48.4 Å². The van der Waals surface area contributed by atoms with E-state index in [4.69, 9.17) is 9.47 Å². The number of carbonyl (C=O) groups is 2. The van der Waals surface area contributed by atoms with E-state index in [1.165, 1.54) is 0 Å². The van der Waals surface area contributed by atoms with Gasteiger partial charge in [-0.3, -0.25) is 9.59 Å². The van der Waals surface area contributed by atoms with Gasteiger partial charge in [-0.15, -0.1) is 0 Å². The maximum absolute atomic E-state index is 12.2. The van der Waals surface area contributed by atoms with E-state index in [-0.39, 0.29) is 12.0 Å². The number of nitrogens with one attached hydrogen (secondary N) is 1. The van der Waals surface area contributed by atoms with Gasteiger partial charge in [-0.05, 0) is 12.8 Å². The molecule has 3 aliphatic rings. The number of hydrogen-bond acceptors (Lipinski definition) is 4. The van der Waals surface area contributed by atoms with E-state index in [0.717, 1.165) is 19.4 Å². The number of carboxylic acids is 1. The lowest BCUT2D eigenvalue weighted by atomic mass is 9.82. The van der Waals surface area contributed by atoms with Gasteiger partial charge in [-0.2, -0.15) is 0 Å². The van der Waals surface area contributed by atoms with Crippen molar-refractivity contribution in [2.45, 2.75) is 31.2 Å². The Morgan fingerprint density at radius 1 is 1.26 bits per heavy atom. The Bertz CT molecular complexity index is 415. The van der Waals surface area contributed by atoms with Crippen LogP contribution in [0.25, 0.3) is 0 Å². The van der Waals surface area contributed by atoms with Gasteiger partial charge in [0.15, 0.2) is 0 Å². The highest BCUT2D eigenvalue weighted by Crippen LogP contribution is 2.39. The van der Waals surface area contributed by atoms with Crippen molar-refractivity contribution in [3.05, 3.63) is 12.2 Å². The van der Waals surface area contributed by atoms with Crippen LogP contribution in [0.4, 0.5) is 0 Å². The summed E-state index contributed by atoms with van der Waals surface area (Å²) in [4.78, 5) is 23.4. The van der Waals surface area contributed by atoms with E-state index >= 15 is 0 Å². The second-order valence-electron chi connectivity index (χ2n) is 5.22. The van der Waals surface area contributed by atoms with Gasteiger partial charge in [-0.25, -0.2) is 0 Å². The predicted octanol–water partition coefficient (Wildman–Crippen LogP) is -0.0642. The van der Waals surface area contributed by atoms with E-state index in [9.17, 15) is 14.7 Å². The van der Waals surface area contributed by atoms with Gasteiger partial charge in [0.1, 0.15) is 5.92 Å². The van der Waals surface area contributed by atoms with Gasteiger partial charge in [0.25, 0.3) is 0 Å². The summed E-state index contributed by atoms with van der Waals surface area (Å²) in [6, 6.07) is 0. The molecule has 0 aromatic carbocycles. The Morgan fingerprint density at radius 3 is 2.63 bits per heavy atom. The van der Waals surface area contributed by atoms with Crippen LogP contribution < -0.4 is 5.32 Å². The molecule has 5 atom stereocenters. The Morgan fingerprint density at radius 2 is 2.00 bits per heavy atom. The molecule has 6 nitrogen and oxygen atoms in total. The summed E-state index contributed by atoms with van der Waals surface area (Å²) in [5, 5.41) is 12.0. The topological polar surface area (TPSA) is 84.9 Å². The van der Waals surface area contributed by atoms with Crippen molar-refractivity contribution in [1.82, 2.24) is 5.32 Å². The molecule has 2 saturated heterocycles. The first-order chi connectivity index (χ1) is 9.16. The van der Waals surface area contributed by atoms with Crippen LogP contribution in [0.1, 0.15) is 12.8 Å². The van der Waals surface area contributed by atoms with Crippen molar-refractivity contribution < 1.29 is 24.2 Å². The largest absolute Gasteiger partial charge is 0.481 e. The lowest BCUT2D eigenvalue weighted by molar-refractivity contribution is -0.146. The average Bonchev–Trinajstić information content (AvgIpc) is 3.10. The highest BCUT2D eigenvalue weighted by molar-refractivity contribution is 5.87. The highest BCUT2D eigenvalue weighted by Gasteiger charge is 2.53. The number of rotatable bonds is 4. The summed E-state index contributed by atoms with van der Waals surface area (Å²) in [7, 11) is 0. The molecule has 3 aliphatic heterocycles. The SMILES string of the molecule is O=C(O)[C@@H]1[C@@H](C(=O)NC[C@H]2CCCO2)[C@@H]2C=C[C@@H]1O2. The molecule has 2 bridgehead atoms. The molecule has 1 amide bonds. The van der Waals surface area contributed by atoms with E-state index in [1.807, 2.05) is 0 Å². The maximum atomic E-state index is 12.2. The zero-order valence-electron chi connectivity index (χ0n) is 10.5. The fraction of sp³-hybridized carbons (Fsp3) is 0.692. The van der Waals surface area contributed by atoms with E-state index in [0.29, 0.717) is 6.54 Å². The highest BCUT2D eigenvalue weighted by atomic mass is 16.5. The van der Waals surface area contributed by atoms with E-state index < -0.39 is 30.0 Å². The molecule has 104 valence electrons. The second kappa shape index (κ2) is 4.94. The summed E-state index contributed by atoms with van der Waals surface area (Å²) < 4.78 is 10.9. The van der Waals surface area contributed by atoms with Crippen molar-refractivity contribution >= 4 is 11.9 Å². The third-order valence-corrected chi connectivity index (χ3v) is 4.02. The van der Waals surface area contributed by atoms with Gasteiger partial charge in [0.2, 0.25) is 5.91 Å². The normalized spacial score (nSPS) is 39.7. The molecule has 0 aliphatic carbocycles. The minimum Gasteiger partial charge on any atom is -0.481 e. The molecule has 6 heteroatoms. The lowest BCUT2D eigenvalue weighted by Crippen LogP contribution is -2.44. The summed E-state index contributed by atoms with van der Waals surface area (Å²) in [5.41, 5.74) is 0. The standard InChI is InChI=1S/C13H17NO5/c15-12(14-6-7-2-1-5-18-7)10-8-3-4-9(19-8)11(10)13(16)17/h3-4,7-11H,1-2,5-6H2,(H,14,15)(H,16,17)/t7-,8+,9+,10+,11+/m1/s1. The van der Waals surface area contributed by atoms with Crippen LogP contribution in [0.2, 0.25) is 0 Å². The van der Waals surface area contributed by atoms with Gasteiger partial charge < -0.3 is 19.9 Å². The number of aliphatic carboxylic acids is 1. The monoisotopic (exact) mass is 267 g/mol. The van der Waals surface area contributed by atoms with Gasteiger partial charge >= 0.3 is 5.97 Å². The fourth-order valence-electron chi connectivity index (χ4n) is 3.05. The molecule has 3 rings (SSSR count). The van der Waals surface area contributed by atoms with Crippen LogP contribution in [0.15, 0.2) is 12.2 Å². The molecule has 2 N–H and O–H groups in total. The molecular formula is C13H17NO5.